The summed E-state index contributed by atoms with van der Waals surface area (Å²) in [4.78, 5) is 29.7. The summed E-state index contributed by atoms with van der Waals surface area (Å²) in [6, 6.07) is 11.9. The number of carbonyl (C=O) groups excluding carboxylic acids is 1. The number of nitrogens with one attached hydrogen (secondary N) is 1. The number of hydrogen-bond acceptors (Lipinski definition) is 2. The number of likely N-dealkylation sites (tertiary alicyclic amines) is 1. The van der Waals surface area contributed by atoms with Crippen LogP contribution >= 0.6 is 22.6 Å². The van der Waals surface area contributed by atoms with Gasteiger partial charge in [0.05, 0.1) is 16.6 Å². The summed E-state index contributed by atoms with van der Waals surface area (Å²) in [5.41, 5.74) is 2.14. The monoisotopic (exact) mass is 465 g/mol. The zero-order chi connectivity index (χ0) is 18.3. The van der Waals surface area contributed by atoms with Crippen LogP contribution in [0.5, 0.6) is 0 Å². The van der Waals surface area contributed by atoms with E-state index in [1.807, 2.05) is 46.9 Å². The molecule has 5 nitrogen and oxygen atoms in total. The highest BCUT2D eigenvalue weighted by atomic mass is 127. The lowest BCUT2D eigenvalue weighted by molar-refractivity contribution is 0.0694. The van der Waals surface area contributed by atoms with E-state index >= 15 is 0 Å². The summed E-state index contributed by atoms with van der Waals surface area (Å²) in [5.74, 6) is -0.428. The van der Waals surface area contributed by atoms with Gasteiger partial charge in [-0.3, -0.25) is 9.36 Å². The van der Waals surface area contributed by atoms with Crippen molar-refractivity contribution in [2.75, 3.05) is 13.1 Å². The fourth-order valence-corrected chi connectivity index (χ4v) is 4.31. The Labute approximate surface area is 163 Å². The number of benzene rings is 2. The molecule has 26 heavy (non-hydrogen) atoms. The molecular weight excluding hydrogens is 448 g/mol. The maximum absolute atomic E-state index is 13.3. The number of halogens is 2. The molecule has 7 heteroatoms. The third kappa shape index (κ3) is 3.04. The Bertz CT molecular complexity index is 1030. The average molecular weight is 465 g/mol. The van der Waals surface area contributed by atoms with Crippen molar-refractivity contribution in [1.82, 2.24) is 14.5 Å². The highest BCUT2D eigenvalue weighted by molar-refractivity contribution is 14.1. The number of para-hydroxylation sites is 2. The minimum absolute atomic E-state index is 0.0648. The van der Waals surface area contributed by atoms with Gasteiger partial charge in [0.2, 0.25) is 0 Å². The highest BCUT2D eigenvalue weighted by Gasteiger charge is 2.27. The molecule has 1 aromatic heterocycles. The van der Waals surface area contributed by atoms with Crippen LogP contribution in [-0.4, -0.2) is 33.4 Å². The summed E-state index contributed by atoms with van der Waals surface area (Å²) >= 11 is 1.99. The summed E-state index contributed by atoms with van der Waals surface area (Å²) < 4.78 is 15.7. The molecule has 1 aliphatic heterocycles. The highest BCUT2D eigenvalue weighted by Crippen LogP contribution is 2.26. The molecule has 1 N–H and O–H groups in total. The van der Waals surface area contributed by atoms with E-state index in [0.29, 0.717) is 35.1 Å². The Balaban J connectivity index is 1.53. The first-order valence-electron chi connectivity index (χ1n) is 8.48. The fraction of sp³-hybridized carbons (Fsp3) is 0.263. The van der Waals surface area contributed by atoms with Crippen LogP contribution in [0.4, 0.5) is 4.39 Å². The molecule has 1 amide bonds. The molecular formula is C19H17FIN3O2. The molecule has 3 aromatic rings. The summed E-state index contributed by atoms with van der Waals surface area (Å²) in [6.07, 6.45) is 1.43. The first-order chi connectivity index (χ1) is 12.5. The van der Waals surface area contributed by atoms with Gasteiger partial charge in [-0.2, -0.15) is 0 Å². The quantitative estimate of drug-likeness (QED) is 0.589. The van der Waals surface area contributed by atoms with E-state index in [9.17, 15) is 14.0 Å². The number of nitrogens with zero attached hydrogens (tertiary/aromatic N) is 2. The van der Waals surface area contributed by atoms with E-state index < -0.39 is 0 Å². The molecule has 0 bridgehead atoms. The Morgan fingerprint density at radius 2 is 1.88 bits per heavy atom. The van der Waals surface area contributed by atoms with Gasteiger partial charge in [0.15, 0.2) is 0 Å². The SMILES string of the molecule is O=C(c1ccc(F)cc1I)N1CCC(n2c(=O)[nH]c3ccccc32)CC1. The first-order valence-corrected chi connectivity index (χ1v) is 9.56. The maximum atomic E-state index is 13.3. The predicted molar refractivity (Wildman–Crippen MR) is 106 cm³/mol. The molecule has 0 saturated carbocycles. The normalized spacial score (nSPS) is 15.5. The molecule has 0 unspecified atom stereocenters. The van der Waals surface area contributed by atoms with Gasteiger partial charge in [-0.1, -0.05) is 12.1 Å². The van der Waals surface area contributed by atoms with Crippen LogP contribution in [0, 0.1) is 9.39 Å². The number of fused-ring (bicyclic) bond motifs is 1. The van der Waals surface area contributed by atoms with Crippen LogP contribution in [0.25, 0.3) is 11.0 Å². The van der Waals surface area contributed by atoms with Crippen LogP contribution in [0.1, 0.15) is 29.2 Å². The second-order valence-corrected chi connectivity index (χ2v) is 7.63. The number of rotatable bonds is 2. The van der Waals surface area contributed by atoms with Crippen molar-refractivity contribution >= 4 is 39.5 Å². The van der Waals surface area contributed by atoms with Crippen molar-refractivity contribution in [1.29, 1.82) is 0 Å². The van der Waals surface area contributed by atoms with Crippen molar-refractivity contribution in [2.45, 2.75) is 18.9 Å². The molecule has 2 heterocycles. The van der Waals surface area contributed by atoms with Crippen LogP contribution in [0.2, 0.25) is 0 Å². The largest absolute Gasteiger partial charge is 0.338 e. The third-order valence-electron chi connectivity index (χ3n) is 4.90. The fourth-order valence-electron chi connectivity index (χ4n) is 3.60. The molecule has 1 saturated heterocycles. The van der Waals surface area contributed by atoms with Gasteiger partial charge >= 0.3 is 5.69 Å². The van der Waals surface area contributed by atoms with Crippen molar-refractivity contribution in [3.05, 3.63) is 67.9 Å². The second kappa shape index (κ2) is 6.86. The number of aromatic amines is 1. The third-order valence-corrected chi connectivity index (χ3v) is 5.79. The summed E-state index contributed by atoms with van der Waals surface area (Å²) in [6.45, 7) is 1.14. The van der Waals surface area contributed by atoms with E-state index in [2.05, 4.69) is 4.98 Å². The Hall–Kier alpha value is -2.16. The molecule has 0 spiro atoms. The second-order valence-electron chi connectivity index (χ2n) is 6.46. The molecule has 4 rings (SSSR count). The Morgan fingerprint density at radius 1 is 1.15 bits per heavy atom. The van der Waals surface area contributed by atoms with Gasteiger partial charge in [0.25, 0.3) is 5.91 Å². The number of H-pyrrole nitrogens is 1. The summed E-state index contributed by atoms with van der Waals surface area (Å²) in [7, 11) is 0. The van der Waals surface area contributed by atoms with E-state index in [4.69, 9.17) is 0 Å². The van der Waals surface area contributed by atoms with Gasteiger partial charge in [-0.25, -0.2) is 9.18 Å². The minimum Gasteiger partial charge on any atom is -0.338 e. The Morgan fingerprint density at radius 3 is 2.62 bits per heavy atom. The van der Waals surface area contributed by atoms with Crippen LogP contribution in [-0.2, 0) is 0 Å². The van der Waals surface area contributed by atoms with E-state index in [1.54, 1.807) is 9.47 Å². The van der Waals surface area contributed by atoms with E-state index in [0.717, 1.165) is 11.0 Å². The van der Waals surface area contributed by atoms with Crippen molar-refractivity contribution in [2.24, 2.45) is 0 Å². The number of amides is 1. The van der Waals surface area contributed by atoms with E-state index in [-0.39, 0.29) is 23.5 Å². The topological polar surface area (TPSA) is 58.1 Å². The zero-order valence-electron chi connectivity index (χ0n) is 13.9. The van der Waals surface area contributed by atoms with Gasteiger partial charge < -0.3 is 9.88 Å². The lowest BCUT2D eigenvalue weighted by Gasteiger charge is -2.32. The predicted octanol–water partition coefficient (Wildman–Crippen LogP) is 3.55. The molecule has 2 aromatic carbocycles. The lowest BCUT2D eigenvalue weighted by Crippen LogP contribution is -2.40. The van der Waals surface area contributed by atoms with Gasteiger partial charge in [0.1, 0.15) is 5.82 Å². The molecule has 1 aliphatic rings. The van der Waals surface area contributed by atoms with Crippen molar-refractivity contribution in [3.8, 4) is 0 Å². The lowest BCUT2D eigenvalue weighted by atomic mass is 10.0. The molecule has 1 fully saturated rings. The first kappa shape index (κ1) is 17.3. The van der Waals surface area contributed by atoms with Gasteiger partial charge in [0, 0.05) is 22.7 Å². The van der Waals surface area contributed by atoms with E-state index in [1.165, 1.54) is 18.2 Å². The number of piperidine rings is 1. The van der Waals surface area contributed by atoms with Crippen LogP contribution in [0.3, 0.4) is 0 Å². The van der Waals surface area contributed by atoms with Crippen molar-refractivity contribution < 1.29 is 9.18 Å². The number of aromatic nitrogens is 2. The summed E-state index contributed by atoms with van der Waals surface area (Å²) in [5, 5.41) is 0. The minimum atomic E-state index is -0.344. The van der Waals surface area contributed by atoms with Gasteiger partial charge in [-0.15, -0.1) is 0 Å². The van der Waals surface area contributed by atoms with Gasteiger partial charge in [-0.05, 0) is 65.8 Å². The number of carbonyl (C=O) groups is 1. The van der Waals surface area contributed by atoms with Crippen LogP contribution < -0.4 is 5.69 Å². The average Bonchev–Trinajstić information content (AvgIpc) is 2.97. The van der Waals surface area contributed by atoms with Crippen molar-refractivity contribution in [3.63, 3.8) is 0 Å². The van der Waals surface area contributed by atoms with Crippen LogP contribution in [0.15, 0.2) is 47.3 Å². The Kier molecular flexibility index (Phi) is 4.56. The molecule has 0 radical (unpaired) electrons. The zero-order valence-corrected chi connectivity index (χ0v) is 16.1. The molecule has 0 aliphatic carbocycles. The molecule has 134 valence electrons. The molecule has 0 atom stereocenters. The number of hydrogen-bond donors (Lipinski definition) is 1. The smallest absolute Gasteiger partial charge is 0.326 e. The standard InChI is InChI=1S/C19H17FIN3O2/c20-12-5-6-14(15(21)11-12)18(25)23-9-7-13(8-10-23)24-17-4-2-1-3-16(17)22-19(24)26/h1-6,11,13H,7-10H2,(H,22,26). The number of imidazole rings is 1. The maximum Gasteiger partial charge on any atom is 0.326 e.